The summed E-state index contributed by atoms with van der Waals surface area (Å²) in [5.74, 6) is 0.439. The number of ether oxygens (including phenoxy) is 2. The Labute approximate surface area is 158 Å². The van der Waals surface area contributed by atoms with Gasteiger partial charge in [-0.1, -0.05) is 12.1 Å². The van der Waals surface area contributed by atoms with Gasteiger partial charge in [-0.15, -0.1) is 0 Å². The lowest BCUT2D eigenvalue weighted by Gasteiger charge is -2.14. The zero-order valence-corrected chi connectivity index (χ0v) is 15.6. The number of nitrogens with two attached hydrogens (primary N) is 1. The standard InChI is InChI=1S/C20H25N3O4/c1-3-26-17-10-9-14(13-18(17)27-4-2)19(24)23-16-8-6-5-7-15(16)20(25)22-12-11-21/h5-10,13H,3-4,11-12,21H2,1-2H3,(H,22,25)(H,23,24). The lowest BCUT2D eigenvalue weighted by molar-refractivity contribution is 0.0955. The highest BCUT2D eigenvalue weighted by atomic mass is 16.5. The molecule has 27 heavy (non-hydrogen) atoms. The lowest BCUT2D eigenvalue weighted by atomic mass is 10.1. The number of hydrogen-bond donors (Lipinski definition) is 3. The zero-order chi connectivity index (χ0) is 19.6. The van der Waals surface area contributed by atoms with E-state index in [1.165, 1.54) is 0 Å². The molecule has 2 amide bonds. The molecule has 2 aromatic carbocycles. The van der Waals surface area contributed by atoms with Crippen LogP contribution in [0.25, 0.3) is 0 Å². The summed E-state index contributed by atoms with van der Waals surface area (Å²) in [6, 6.07) is 11.8. The van der Waals surface area contributed by atoms with Gasteiger partial charge in [0.05, 0.1) is 24.5 Å². The summed E-state index contributed by atoms with van der Waals surface area (Å²) in [5.41, 5.74) is 6.61. The van der Waals surface area contributed by atoms with Crippen molar-refractivity contribution < 1.29 is 19.1 Å². The van der Waals surface area contributed by atoms with Crippen molar-refractivity contribution in [3.05, 3.63) is 53.6 Å². The minimum Gasteiger partial charge on any atom is -0.490 e. The first-order valence-electron chi connectivity index (χ1n) is 8.89. The van der Waals surface area contributed by atoms with Crippen molar-refractivity contribution in [2.45, 2.75) is 13.8 Å². The maximum Gasteiger partial charge on any atom is 0.255 e. The zero-order valence-electron chi connectivity index (χ0n) is 15.6. The predicted molar refractivity (Wildman–Crippen MR) is 105 cm³/mol. The van der Waals surface area contributed by atoms with Crippen molar-refractivity contribution in [3.63, 3.8) is 0 Å². The van der Waals surface area contributed by atoms with Crippen molar-refractivity contribution in [1.29, 1.82) is 0 Å². The van der Waals surface area contributed by atoms with E-state index in [0.717, 1.165) is 0 Å². The Morgan fingerprint density at radius 3 is 2.37 bits per heavy atom. The number of para-hydroxylation sites is 1. The van der Waals surface area contributed by atoms with Crippen molar-refractivity contribution in [3.8, 4) is 11.5 Å². The third-order valence-corrected chi connectivity index (χ3v) is 3.66. The van der Waals surface area contributed by atoms with E-state index in [1.54, 1.807) is 42.5 Å². The molecule has 0 saturated heterocycles. The number of carbonyl (C=O) groups excluding carboxylic acids is 2. The second-order valence-electron chi connectivity index (χ2n) is 5.57. The monoisotopic (exact) mass is 371 g/mol. The predicted octanol–water partition coefficient (Wildman–Crippen LogP) is 2.42. The molecule has 0 unspecified atom stereocenters. The summed E-state index contributed by atoms with van der Waals surface area (Å²) in [4.78, 5) is 24.9. The van der Waals surface area contributed by atoms with Gasteiger partial charge in [0.2, 0.25) is 0 Å². The van der Waals surface area contributed by atoms with E-state index in [-0.39, 0.29) is 11.8 Å². The molecular weight excluding hydrogens is 346 g/mol. The maximum absolute atomic E-state index is 12.7. The van der Waals surface area contributed by atoms with Crippen LogP contribution in [-0.4, -0.2) is 38.1 Å². The molecule has 0 aromatic heterocycles. The van der Waals surface area contributed by atoms with E-state index < -0.39 is 0 Å². The Morgan fingerprint density at radius 1 is 0.963 bits per heavy atom. The van der Waals surface area contributed by atoms with Gasteiger partial charge in [0.25, 0.3) is 11.8 Å². The molecule has 0 fully saturated rings. The normalized spacial score (nSPS) is 10.2. The molecule has 0 aliphatic rings. The van der Waals surface area contributed by atoms with Gasteiger partial charge in [0.15, 0.2) is 11.5 Å². The summed E-state index contributed by atoms with van der Waals surface area (Å²) >= 11 is 0. The molecule has 0 spiro atoms. The van der Waals surface area contributed by atoms with Gasteiger partial charge >= 0.3 is 0 Å². The highest BCUT2D eigenvalue weighted by Gasteiger charge is 2.15. The Morgan fingerprint density at radius 2 is 1.67 bits per heavy atom. The summed E-state index contributed by atoms with van der Waals surface area (Å²) < 4.78 is 11.1. The third kappa shape index (κ3) is 5.46. The summed E-state index contributed by atoms with van der Waals surface area (Å²) in [6.07, 6.45) is 0. The molecule has 144 valence electrons. The molecule has 0 radical (unpaired) electrons. The molecule has 2 rings (SSSR count). The molecule has 7 heteroatoms. The first kappa shape index (κ1) is 20.3. The Balaban J connectivity index is 2.22. The Bertz CT molecular complexity index is 793. The van der Waals surface area contributed by atoms with Gasteiger partial charge in [-0.05, 0) is 44.2 Å². The minimum absolute atomic E-state index is 0.293. The summed E-state index contributed by atoms with van der Waals surface area (Å²) in [6.45, 7) is 5.39. The number of anilines is 1. The van der Waals surface area contributed by atoms with Gasteiger partial charge < -0.3 is 25.8 Å². The smallest absolute Gasteiger partial charge is 0.255 e. The fraction of sp³-hybridized carbons (Fsp3) is 0.300. The fourth-order valence-corrected chi connectivity index (χ4v) is 2.46. The molecule has 2 aromatic rings. The van der Waals surface area contributed by atoms with Crippen LogP contribution in [0.15, 0.2) is 42.5 Å². The van der Waals surface area contributed by atoms with E-state index in [2.05, 4.69) is 10.6 Å². The third-order valence-electron chi connectivity index (χ3n) is 3.66. The number of amides is 2. The quantitative estimate of drug-likeness (QED) is 0.628. The highest BCUT2D eigenvalue weighted by Crippen LogP contribution is 2.29. The molecular formula is C20H25N3O4. The van der Waals surface area contributed by atoms with Crippen LogP contribution in [0.2, 0.25) is 0 Å². The van der Waals surface area contributed by atoms with E-state index in [4.69, 9.17) is 15.2 Å². The van der Waals surface area contributed by atoms with E-state index in [1.807, 2.05) is 13.8 Å². The molecule has 0 atom stereocenters. The van der Waals surface area contributed by atoms with Crippen LogP contribution >= 0.6 is 0 Å². The topological polar surface area (TPSA) is 103 Å². The number of carbonyl (C=O) groups is 2. The van der Waals surface area contributed by atoms with E-state index in [0.29, 0.717) is 54.6 Å². The first-order valence-corrected chi connectivity index (χ1v) is 8.89. The van der Waals surface area contributed by atoms with Crippen LogP contribution in [0, 0.1) is 0 Å². The molecule has 7 nitrogen and oxygen atoms in total. The van der Waals surface area contributed by atoms with Crippen molar-refractivity contribution in [2.24, 2.45) is 5.73 Å². The highest BCUT2D eigenvalue weighted by molar-refractivity contribution is 6.09. The average Bonchev–Trinajstić information content (AvgIpc) is 2.68. The first-order chi connectivity index (χ1) is 13.1. The molecule has 0 bridgehead atoms. The second kappa shape index (κ2) is 10.2. The molecule has 0 heterocycles. The van der Waals surface area contributed by atoms with Crippen molar-refractivity contribution in [1.82, 2.24) is 5.32 Å². The second-order valence-corrected chi connectivity index (χ2v) is 5.57. The number of benzene rings is 2. The largest absolute Gasteiger partial charge is 0.490 e. The van der Waals surface area contributed by atoms with Gasteiger partial charge in [-0.2, -0.15) is 0 Å². The average molecular weight is 371 g/mol. The van der Waals surface area contributed by atoms with Gasteiger partial charge in [0.1, 0.15) is 0 Å². The SMILES string of the molecule is CCOc1ccc(C(=O)Nc2ccccc2C(=O)NCCN)cc1OCC. The van der Waals surface area contributed by atoms with Crippen LogP contribution in [-0.2, 0) is 0 Å². The minimum atomic E-state index is -0.349. The summed E-state index contributed by atoms with van der Waals surface area (Å²) in [7, 11) is 0. The number of rotatable bonds is 9. The van der Waals surface area contributed by atoms with E-state index in [9.17, 15) is 9.59 Å². The van der Waals surface area contributed by atoms with Crippen LogP contribution in [0.5, 0.6) is 11.5 Å². The number of nitrogens with one attached hydrogen (secondary N) is 2. The van der Waals surface area contributed by atoms with Crippen LogP contribution < -0.4 is 25.8 Å². The van der Waals surface area contributed by atoms with Crippen molar-refractivity contribution in [2.75, 3.05) is 31.6 Å². The van der Waals surface area contributed by atoms with Gasteiger partial charge in [-0.25, -0.2) is 0 Å². The van der Waals surface area contributed by atoms with Crippen LogP contribution in [0.1, 0.15) is 34.6 Å². The maximum atomic E-state index is 12.7. The van der Waals surface area contributed by atoms with E-state index >= 15 is 0 Å². The molecule has 4 N–H and O–H groups in total. The molecule has 0 aliphatic carbocycles. The van der Waals surface area contributed by atoms with Crippen LogP contribution in [0.3, 0.4) is 0 Å². The van der Waals surface area contributed by atoms with Gasteiger partial charge in [0, 0.05) is 18.7 Å². The Kier molecular flexibility index (Phi) is 7.63. The van der Waals surface area contributed by atoms with Crippen molar-refractivity contribution >= 4 is 17.5 Å². The number of hydrogen-bond acceptors (Lipinski definition) is 5. The van der Waals surface area contributed by atoms with Crippen LogP contribution in [0.4, 0.5) is 5.69 Å². The fourth-order valence-electron chi connectivity index (χ4n) is 2.46. The molecule has 0 aliphatic heterocycles. The Hall–Kier alpha value is -3.06. The summed E-state index contributed by atoms with van der Waals surface area (Å²) in [5, 5.41) is 5.48. The lowest BCUT2D eigenvalue weighted by Crippen LogP contribution is -2.30. The molecule has 0 saturated carbocycles. The van der Waals surface area contributed by atoms with Gasteiger partial charge in [-0.3, -0.25) is 9.59 Å².